The third kappa shape index (κ3) is 2.94. The molecule has 138 valence electrons. The summed E-state index contributed by atoms with van der Waals surface area (Å²) in [4.78, 5) is 17.4. The highest BCUT2D eigenvalue weighted by molar-refractivity contribution is 5.74. The Morgan fingerprint density at radius 2 is 2.08 bits per heavy atom. The van der Waals surface area contributed by atoms with Crippen LogP contribution in [-0.4, -0.2) is 57.8 Å². The third-order valence-corrected chi connectivity index (χ3v) is 6.65. The van der Waals surface area contributed by atoms with Crippen molar-refractivity contribution in [3.63, 3.8) is 0 Å². The van der Waals surface area contributed by atoms with E-state index < -0.39 is 0 Å². The number of nitrogens with one attached hydrogen (secondary N) is 1. The maximum Gasteiger partial charge on any atom is 0.317 e. The molecule has 3 aliphatic heterocycles. The standard InChI is InChI=1S/C19H31N5O/c1-4-24-14(3)16(13(2)21-24)9-20-19(25)23-11-15-10-22-8-6-5-7-18(22)17(15)12-23/h15,17-18H,4-12H2,1-3H3,(H,20,25)/t15-,17+,18-/m0/s1. The van der Waals surface area contributed by atoms with Gasteiger partial charge in [-0.15, -0.1) is 0 Å². The molecule has 0 saturated carbocycles. The fourth-order valence-corrected chi connectivity index (χ4v) is 5.29. The van der Waals surface area contributed by atoms with Crippen LogP contribution in [-0.2, 0) is 13.1 Å². The molecule has 1 N–H and O–H groups in total. The van der Waals surface area contributed by atoms with Crippen molar-refractivity contribution in [2.45, 2.75) is 59.2 Å². The second-order valence-electron chi connectivity index (χ2n) is 8.01. The van der Waals surface area contributed by atoms with Crippen molar-refractivity contribution in [3.8, 4) is 0 Å². The number of hydrogen-bond acceptors (Lipinski definition) is 3. The monoisotopic (exact) mass is 345 g/mol. The van der Waals surface area contributed by atoms with Gasteiger partial charge in [0.2, 0.25) is 0 Å². The quantitative estimate of drug-likeness (QED) is 0.913. The van der Waals surface area contributed by atoms with Crippen molar-refractivity contribution in [3.05, 3.63) is 17.0 Å². The van der Waals surface area contributed by atoms with Gasteiger partial charge in [0.1, 0.15) is 0 Å². The molecule has 6 heteroatoms. The lowest BCUT2D eigenvalue weighted by Crippen LogP contribution is -2.43. The maximum atomic E-state index is 12.7. The van der Waals surface area contributed by atoms with Crippen LogP contribution in [0.4, 0.5) is 4.79 Å². The number of aromatic nitrogens is 2. The van der Waals surface area contributed by atoms with E-state index in [1.54, 1.807) is 0 Å². The number of amides is 2. The molecule has 4 heterocycles. The van der Waals surface area contributed by atoms with Crippen LogP contribution in [0.5, 0.6) is 0 Å². The molecular weight excluding hydrogens is 314 g/mol. The van der Waals surface area contributed by atoms with Crippen molar-refractivity contribution in [2.24, 2.45) is 11.8 Å². The molecule has 0 radical (unpaired) electrons. The number of piperidine rings is 1. The summed E-state index contributed by atoms with van der Waals surface area (Å²) in [5.41, 5.74) is 3.35. The molecule has 3 fully saturated rings. The smallest absolute Gasteiger partial charge is 0.317 e. The summed E-state index contributed by atoms with van der Waals surface area (Å²) in [6.45, 7) is 12.0. The van der Waals surface area contributed by atoms with E-state index in [1.165, 1.54) is 32.4 Å². The van der Waals surface area contributed by atoms with Crippen LogP contribution in [0.3, 0.4) is 0 Å². The van der Waals surface area contributed by atoms with Gasteiger partial charge >= 0.3 is 6.03 Å². The van der Waals surface area contributed by atoms with Crippen LogP contribution < -0.4 is 5.32 Å². The van der Waals surface area contributed by atoms with Crippen molar-refractivity contribution in [2.75, 3.05) is 26.2 Å². The number of aryl methyl sites for hydroxylation is 2. The molecule has 3 aliphatic rings. The number of carbonyl (C=O) groups excluding carboxylic acids is 1. The Morgan fingerprint density at radius 3 is 2.84 bits per heavy atom. The fraction of sp³-hybridized carbons (Fsp3) is 0.789. The lowest BCUT2D eigenvalue weighted by molar-refractivity contribution is 0.154. The Balaban J connectivity index is 1.35. The Labute approximate surface area is 150 Å². The van der Waals surface area contributed by atoms with Crippen LogP contribution in [0.1, 0.15) is 43.1 Å². The van der Waals surface area contributed by atoms with Gasteiger partial charge in [0, 0.05) is 50.0 Å². The van der Waals surface area contributed by atoms with E-state index in [-0.39, 0.29) is 6.03 Å². The highest BCUT2D eigenvalue weighted by atomic mass is 16.2. The summed E-state index contributed by atoms with van der Waals surface area (Å²) in [5.74, 6) is 1.37. The normalized spacial score (nSPS) is 28.9. The largest absolute Gasteiger partial charge is 0.334 e. The molecule has 0 unspecified atom stereocenters. The number of carbonyl (C=O) groups is 1. The van der Waals surface area contributed by atoms with Gasteiger partial charge in [-0.25, -0.2) is 4.79 Å². The zero-order valence-corrected chi connectivity index (χ0v) is 15.8. The first-order valence-corrected chi connectivity index (χ1v) is 9.88. The highest BCUT2D eigenvalue weighted by Gasteiger charge is 2.48. The van der Waals surface area contributed by atoms with E-state index in [4.69, 9.17) is 0 Å². The van der Waals surface area contributed by atoms with Crippen LogP contribution in [0, 0.1) is 25.7 Å². The van der Waals surface area contributed by atoms with Gasteiger partial charge in [-0.1, -0.05) is 6.42 Å². The summed E-state index contributed by atoms with van der Waals surface area (Å²) < 4.78 is 2.01. The first-order valence-electron chi connectivity index (χ1n) is 9.88. The van der Waals surface area contributed by atoms with Crippen molar-refractivity contribution < 1.29 is 4.79 Å². The lowest BCUT2D eigenvalue weighted by atomic mass is 9.90. The SMILES string of the molecule is CCn1nc(C)c(CNC(=O)N2C[C@@H]3CN4CCCC[C@H]4[C@@H]3C2)c1C. The molecule has 25 heavy (non-hydrogen) atoms. The van der Waals surface area contributed by atoms with Crippen molar-refractivity contribution in [1.82, 2.24) is 24.9 Å². The molecule has 3 atom stereocenters. The predicted molar refractivity (Wildman–Crippen MR) is 97.4 cm³/mol. The first kappa shape index (κ1) is 16.9. The summed E-state index contributed by atoms with van der Waals surface area (Å²) in [6.07, 6.45) is 4.03. The average molecular weight is 345 g/mol. The molecule has 0 aromatic carbocycles. The molecule has 0 aliphatic carbocycles. The summed E-state index contributed by atoms with van der Waals surface area (Å²) in [7, 11) is 0. The zero-order chi connectivity index (χ0) is 17.6. The van der Waals surface area contributed by atoms with Gasteiger partial charge in [0.25, 0.3) is 0 Å². The van der Waals surface area contributed by atoms with Crippen LogP contribution in [0.2, 0.25) is 0 Å². The van der Waals surface area contributed by atoms with Crippen molar-refractivity contribution in [1.29, 1.82) is 0 Å². The summed E-state index contributed by atoms with van der Waals surface area (Å²) in [5, 5.41) is 7.68. The van der Waals surface area contributed by atoms with E-state index in [1.807, 2.05) is 11.6 Å². The molecule has 0 bridgehead atoms. The van der Waals surface area contributed by atoms with Gasteiger partial charge in [0.15, 0.2) is 0 Å². The third-order valence-electron chi connectivity index (χ3n) is 6.65. The minimum absolute atomic E-state index is 0.0970. The molecular formula is C19H31N5O. The summed E-state index contributed by atoms with van der Waals surface area (Å²) in [6, 6.07) is 0.823. The van der Waals surface area contributed by atoms with E-state index in [0.29, 0.717) is 18.4 Å². The topological polar surface area (TPSA) is 53.4 Å². The van der Waals surface area contributed by atoms with Gasteiger partial charge < -0.3 is 10.2 Å². The Bertz CT molecular complexity index is 654. The van der Waals surface area contributed by atoms with Crippen LogP contribution >= 0.6 is 0 Å². The second-order valence-corrected chi connectivity index (χ2v) is 8.01. The summed E-state index contributed by atoms with van der Waals surface area (Å²) >= 11 is 0. The molecule has 1 aromatic heterocycles. The van der Waals surface area contributed by atoms with Gasteiger partial charge in [-0.3, -0.25) is 9.58 Å². The average Bonchev–Trinajstić information content (AvgIpc) is 3.24. The Morgan fingerprint density at radius 1 is 1.24 bits per heavy atom. The van der Waals surface area contributed by atoms with E-state index in [2.05, 4.69) is 34.1 Å². The minimum Gasteiger partial charge on any atom is -0.334 e. The number of likely N-dealkylation sites (tertiary alicyclic amines) is 1. The zero-order valence-electron chi connectivity index (χ0n) is 15.8. The minimum atomic E-state index is 0.0970. The molecule has 4 rings (SSSR count). The van der Waals surface area contributed by atoms with Gasteiger partial charge in [-0.2, -0.15) is 5.10 Å². The highest BCUT2D eigenvalue weighted by Crippen LogP contribution is 2.40. The fourth-order valence-electron chi connectivity index (χ4n) is 5.29. The van der Waals surface area contributed by atoms with Gasteiger partial charge in [0.05, 0.1) is 5.69 Å². The van der Waals surface area contributed by atoms with E-state index >= 15 is 0 Å². The molecule has 3 saturated heterocycles. The number of nitrogens with zero attached hydrogens (tertiary/aromatic N) is 4. The number of fused-ring (bicyclic) bond motifs is 3. The van der Waals surface area contributed by atoms with Crippen LogP contribution in [0.15, 0.2) is 0 Å². The van der Waals surface area contributed by atoms with Gasteiger partial charge in [-0.05, 0) is 52.0 Å². The number of urea groups is 1. The Hall–Kier alpha value is -1.56. The lowest BCUT2D eigenvalue weighted by Gasteiger charge is -2.33. The van der Waals surface area contributed by atoms with Crippen molar-refractivity contribution >= 4 is 6.03 Å². The molecule has 1 aromatic rings. The Kier molecular flexibility index (Phi) is 4.48. The maximum absolute atomic E-state index is 12.7. The predicted octanol–water partition coefficient (Wildman–Crippen LogP) is 2.15. The second kappa shape index (κ2) is 6.63. The molecule has 6 nitrogen and oxygen atoms in total. The number of rotatable bonds is 3. The van der Waals surface area contributed by atoms with E-state index in [9.17, 15) is 4.79 Å². The first-order chi connectivity index (χ1) is 12.1. The van der Waals surface area contributed by atoms with E-state index in [0.717, 1.165) is 42.6 Å². The van der Waals surface area contributed by atoms with Crippen LogP contribution in [0.25, 0.3) is 0 Å². The number of hydrogen-bond donors (Lipinski definition) is 1. The molecule has 2 amide bonds. The molecule has 0 spiro atoms.